The van der Waals surface area contributed by atoms with E-state index in [4.69, 9.17) is 9.84 Å². The van der Waals surface area contributed by atoms with Gasteiger partial charge in [0.25, 0.3) is 5.91 Å². The molecule has 1 amide bonds. The molecule has 8 nitrogen and oxygen atoms in total. The van der Waals surface area contributed by atoms with Crippen LogP contribution in [0, 0.1) is 5.92 Å². The van der Waals surface area contributed by atoms with Gasteiger partial charge in [0, 0.05) is 48.9 Å². The third-order valence-corrected chi connectivity index (χ3v) is 6.97. The predicted molar refractivity (Wildman–Crippen MR) is 141 cm³/mol. The molecule has 3 aliphatic rings. The monoisotopic (exact) mass is 500 g/mol. The van der Waals surface area contributed by atoms with Gasteiger partial charge in [-0.3, -0.25) is 4.79 Å². The number of hydrogen-bond acceptors (Lipinski definition) is 5. The predicted octanol–water partition coefficient (Wildman–Crippen LogP) is 3.95. The second-order valence-electron chi connectivity index (χ2n) is 9.55. The molecule has 3 N–H and O–H groups in total. The fraction of sp³-hybridized carbons (Fsp3) is 0.310. The van der Waals surface area contributed by atoms with Gasteiger partial charge in [0.05, 0.1) is 24.5 Å². The van der Waals surface area contributed by atoms with Crippen LogP contribution in [0.4, 0.5) is 0 Å². The van der Waals surface area contributed by atoms with Gasteiger partial charge >= 0.3 is 5.97 Å². The van der Waals surface area contributed by atoms with Gasteiger partial charge in [0.2, 0.25) is 0 Å². The number of carbonyl (C=O) groups excluding carboxylic acids is 1. The Kier molecular flexibility index (Phi) is 7.44. The Morgan fingerprint density at radius 2 is 1.92 bits per heavy atom. The minimum Gasteiger partial charge on any atom is -0.498 e. The number of aliphatic carboxylic acids is 1. The molecule has 1 aromatic heterocycles. The first-order chi connectivity index (χ1) is 18.0. The minimum absolute atomic E-state index is 0.126. The van der Waals surface area contributed by atoms with Crippen molar-refractivity contribution in [2.24, 2.45) is 5.92 Å². The zero-order chi connectivity index (χ0) is 25.6. The number of nitrogens with zero attached hydrogens (tertiary/aromatic N) is 2. The smallest absolute Gasteiger partial charge is 0.335 e. The summed E-state index contributed by atoms with van der Waals surface area (Å²) in [6.07, 6.45) is 14.8. The Labute approximate surface area is 216 Å². The van der Waals surface area contributed by atoms with Crippen molar-refractivity contribution in [3.05, 3.63) is 102 Å². The normalized spacial score (nSPS) is 18.1. The molecule has 3 heterocycles. The van der Waals surface area contributed by atoms with E-state index in [1.807, 2.05) is 65.5 Å². The molecule has 0 spiro atoms. The SMILES string of the molecule is O=C(O)C1=CCCC(OCC2CCN(C3=CC=C(NC(=O)c4cccc(-n5cccc5)c4)CN3)CC2)=C1. The fourth-order valence-corrected chi connectivity index (χ4v) is 4.82. The summed E-state index contributed by atoms with van der Waals surface area (Å²) >= 11 is 0. The highest BCUT2D eigenvalue weighted by Gasteiger charge is 2.23. The highest BCUT2D eigenvalue weighted by atomic mass is 16.5. The summed E-state index contributed by atoms with van der Waals surface area (Å²) in [5.41, 5.74) is 2.71. The van der Waals surface area contributed by atoms with E-state index < -0.39 is 5.97 Å². The van der Waals surface area contributed by atoms with E-state index in [1.165, 1.54) is 0 Å². The lowest BCUT2D eigenvalue weighted by Gasteiger charge is -2.36. The maximum atomic E-state index is 12.8. The summed E-state index contributed by atoms with van der Waals surface area (Å²) in [4.78, 5) is 26.3. The molecule has 0 saturated carbocycles. The van der Waals surface area contributed by atoms with Crippen molar-refractivity contribution in [3.63, 3.8) is 0 Å². The van der Waals surface area contributed by atoms with Crippen LogP contribution < -0.4 is 10.6 Å². The number of aromatic nitrogens is 1. The molecular weight excluding hydrogens is 468 g/mol. The van der Waals surface area contributed by atoms with Gasteiger partial charge in [0.15, 0.2) is 0 Å². The number of piperidine rings is 1. The van der Waals surface area contributed by atoms with E-state index in [1.54, 1.807) is 12.2 Å². The lowest BCUT2D eigenvalue weighted by Crippen LogP contribution is -2.42. The first-order valence-corrected chi connectivity index (χ1v) is 12.8. The van der Waals surface area contributed by atoms with Crippen LogP contribution in [-0.4, -0.2) is 52.7 Å². The number of dihydropyridines is 1. The van der Waals surface area contributed by atoms with Crippen molar-refractivity contribution in [1.29, 1.82) is 0 Å². The molecule has 0 atom stereocenters. The topological polar surface area (TPSA) is 95.8 Å². The first kappa shape index (κ1) is 24.5. The van der Waals surface area contributed by atoms with E-state index in [9.17, 15) is 9.59 Å². The van der Waals surface area contributed by atoms with Crippen LogP contribution in [0.3, 0.4) is 0 Å². The summed E-state index contributed by atoms with van der Waals surface area (Å²) in [6.45, 7) is 3.04. The second kappa shape index (κ2) is 11.2. The summed E-state index contributed by atoms with van der Waals surface area (Å²) < 4.78 is 7.93. The number of amides is 1. The second-order valence-corrected chi connectivity index (χ2v) is 9.55. The maximum Gasteiger partial charge on any atom is 0.335 e. The highest BCUT2D eigenvalue weighted by Crippen LogP contribution is 2.24. The summed E-state index contributed by atoms with van der Waals surface area (Å²) in [7, 11) is 0. The number of rotatable bonds is 8. The van der Waals surface area contributed by atoms with Gasteiger partial charge in [-0.05, 0) is 73.7 Å². The molecular formula is C29H32N4O4. The van der Waals surface area contributed by atoms with Crippen LogP contribution in [0.1, 0.15) is 36.0 Å². The van der Waals surface area contributed by atoms with Gasteiger partial charge in [-0.25, -0.2) is 4.79 Å². The lowest BCUT2D eigenvalue weighted by atomic mass is 9.97. The summed E-state index contributed by atoms with van der Waals surface area (Å²) in [5.74, 6) is 1.27. The maximum absolute atomic E-state index is 12.8. The quantitative estimate of drug-likeness (QED) is 0.508. The van der Waals surface area contributed by atoms with Crippen LogP contribution in [-0.2, 0) is 9.53 Å². The van der Waals surface area contributed by atoms with E-state index in [-0.39, 0.29) is 5.91 Å². The summed E-state index contributed by atoms with van der Waals surface area (Å²) in [6, 6.07) is 11.5. The van der Waals surface area contributed by atoms with Gasteiger partial charge in [0.1, 0.15) is 5.82 Å². The number of allylic oxidation sites excluding steroid dienone is 4. The molecule has 192 valence electrons. The minimum atomic E-state index is -0.902. The molecule has 2 aliphatic heterocycles. The largest absolute Gasteiger partial charge is 0.498 e. The molecule has 37 heavy (non-hydrogen) atoms. The number of nitrogens with one attached hydrogen (secondary N) is 2. The van der Waals surface area contributed by atoms with Crippen LogP contribution in [0.15, 0.2) is 95.9 Å². The molecule has 0 radical (unpaired) electrons. The fourth-order valence-electron chi connectivity index (χ4n) is 4.82. The van der Waals surface area contributed by atoms with Crippen LogP contribution in [0.2, 0.25) is 0 Å². The summed E-state index contributed by atoms with van der Waals surface area (Å²) in [5, 5.41) is 15.6. The van der Waals surface area contributed by atoms with Crippen molar-refractivity contribution in [3.8, 4) is 5.69 Å². The van der Waals surface area contributed by atoms with Crippen molar-refractivity contribution >= 4 is 11.9 Å². The van der Waals surface area contributed by atoms with Gasteiger partial charge in [-0.2, -0.15) is 0 Å². The third kappa shape index (κ3) is 6.14. The average Bonchev–Trinajstić information content (AvgIpc) is 3.48. The Morgan fingerprint density at radius 1 is 1.11 bits per heavy atom. The molecule has 1 saturated heterocycles. The number of carboxylic acids is 1. The molecule has 1 aliphatic carbocycles. The Hall–Kier alpha value is -4.20. The van der Waals surface area contributed by atoms with Crippen molar-refractivity contribution in [2.75, 3.05) is 26.2 Å². The van der Waals surface area contributed by atoms with Crippen molar-refractivity contribution < 1.29 is 19.4 Å². The Bertz CT molecular complexity index is 1260. The highest BCUT2D eigenvalue weighted by molar-refractivity contribution is 5.96. The first-order valence-electron chi connectivity index (χ1n) is 12.8. The number of hydrogen-bond donors (Lipinski definition) is 3. The van der Waals surface area contributed by atoms with Gasteiger partial charge in [-0.15, -0.1) is 0 Å². The molecule has 5 rings (SSSR count). The van der Waals surface area contributed by atoms with Gasteiger partial charge in [-0.1, -0.05) is 12.1 Å². The van der Waals surface area contributed by atoms with E-state index in [0.717, 1.165) is 55.3 Å². The Balaban J connectivity index is 1.10. The van der Waals surface area contributed by atoms with E-state index in [0.29, 0.717) is 36.6 Å². The Morgan fingerprint density at radius 3 is 2.65 bits per heavy atom. The van der Waals surface area contributed by atoms with Crippen LogP contribution >= 0.6 is 0 Å². The molecule has 1 fully saturated rings. The number of carbonyl (C=O) groups is 2. The number of ether oxygens (including phenoxy) is 1. The molecule has 2 aromatic rings. The van der Waals surface area contributed by atoms with Crippen molar-refractivity contribution in [1.82, 2.24) is 20.1 Å². The third-order valence-electron chi connectivity index (χ3n) is 6.97. The van der Waals surface area contributed by atoms with Crippen LogP contribution in [0.25, 0.3) is 5.69 Å². The number of carboxylic acid groups (broad SMARTS) is 1. The van der Waals surface area contributed by atoms with E-state index in [2.05, 4.69) is 15.5 Å². The molecule has 8 heteroatoms. The van der Waals surface area contributed by atoms with Crippen LogP contribution in [0.5, 0.6) is 0 Å². The number of likely N-dealkylation sites (tertiary alicyclic amines) is 1. The molecule has 1 aromatic carbocycles. The molecule has 0 unspecified atom stereocenters. The zero-order valence-corrected chi connectivity index (χ0v) is 20.7. The average molecular weight is 501 g/mol. The van der Waals surface area contributed by atoms with Gasteiger partial charge < -0.3 is 29.9 Å². The standard InChI is InChI=1S/C29H32N4O4/c34-28(22-5-3-7-25(17-22)32-13-1-2-14-32)31-24-9-10-27(30-19-24)33-15-11-21(12-16-33)20-37-26-8-4-6-23(18-26)29(35)36/h1-3,5-7,9-10,13-14,17-18,21,30H,4,8,11-12,15-16,19-20H2,(H,31,34)(H,35,36). The van der Waals surface area contributed by atoms with Crippen molar-refractivity contribution in [2.45, 2.75) is 25.7 Å². The number of benzene rings is 1. The molecule has 0 bridgehead atoms. The lowest BCUT2D eigenvalue weighted by molar-refractivity contribution is -0.132. The zero-order valence-electron chi connectivity index (χ0n) is 20.7. The van der Waals surface area contributed by atoms with E-state index >= 15 is 0 Å².